The van der Waals surface area contributed by atoms with E-state index in [0.717, 1.165) is 5.84 Å². The maximum Gasteiger partial charge on any atom is 0.102 e. The molecule has 4 nitrogen and oxygen atoms in total. The van der Waals surface area contributed by atoms with Crippen LogP contribution in [0.4, 0.5) is 0 Å². The fourth-order valence-corrected chi connectivity index (χ4v) is 2.77. The molecule has 0 radical (unpaired) electrons. The van der Waals surface area contributed by atoms with Crippen molar-refractivity contribution >= 4 is 5.84 Å². The third-order valence-electron chi connectivity index (χ3n) is 3.42. The van der Waals surface area contributed by atoms with Crippen LogP contribution in [0, 0.1) is 0 Å². The van der Waals surface area contributed by atoms with Crippen LogP contribution in [0.15, 0.2) is 4.99 Å². The summed E-state index contributed by atoms with van der Waals surface area (Å²) in [5.41, 5.74) is 0. The van der Waals surface area contributed by atoms with Crippen molar-refractivity contribution in [1.82, 2.24) is 4.90 Å². The summed E-state index contributed by atoms with van der Waals surface area (Å²) in [5.74, 6) is 1.00. The normalized spacial score (nSPS) is 30.3. The van der Waals surface area contributed by atoms with Gasteiger partial charge in [0.1, 0.15) is 5.84 Å². The third-order valence-corrected chi connectivity index (χ3v) is 3.42. The highest BCUT2D eigenvalue weighted by Crippen LogP contribution is 2.31. The molecule has 4 heteroatoms. The van der Waals surface area contributed by atoms with Gasteiger partial charge < -0.3 is 15.1 Å². The summed E-state index contributed by atoms with van der Waals surface area (Å²) in [4.78, 5) is 6.88. The Morgan fingerprint density at radius 3 is 2.73 bits per heavy atom. The lowest BCUT2D eigenvalue weighted by Gasteiger charge is -2.32. The Kier molecular flexibility index (Phi) is 3.59. The summed E-state index contributed by atoms with van der Waals surface area (Å²) in [7, 11) is 0. The average Bonchev–Trinajstić information content (AvgIpc) is 2.59. The average molecular weight is 212 g/mol. The third kappa shape index (κ3) is 2.16. The van der Waals surface area contributed by atoms with Gasteiger partial charge in [-0.05, 0) is 12.8 Å². The monoisotopic (exact) mass is 212 g/mol. The molecule has 2 unspecified atom stereocenters. The van der Waals surface area contributed by atoms with Gasteiger partial charge in [0, 0.05) is 13.0 Å². The molecule has 1 aliphatic heterocycles. The molecule has 15 heavy (non-hydrogen) atoms. The molecule has 86 valence electrons. The number of rotatable bonds is 4. The second-order valence-corrected chi connectivity index (χ2v) is 4.36. The van der Waals surface area contributed by atoms with Crippen molar-refractivity contribution in [2.75, 3.05) is 19.8 Å². The molecule has 0 aromatic carbocycles. The molecule has 0 amide bonds. The van der Waals surface area contributed by atoms with E-state index >= 15 is 0 Å². The molecule has 1 fully saturated rings. The molecular formula is C11H20N2O2. The highest BCUT2D eigenvalue weighted by Gasteiger charge is 2.36. The highest BCUT2D eigenvalue weighted by molar-refractivity contribution is 5.84. The quantitative estimate of drug-likeness (QED) is 0.708. The van der Waals surface area contributed by atoms with Crippen molar-refractivity contribution in [3.8, 4) is 0 Å². The molecule has 1 saturated carbocycles. The molecule has 0 bridgehead atoms. The molecule has 1 heterocycles. The van der Waals surface area contributed by atoms with Crippen LogP contribution in [-0.4, -0.2) is 52.8 Å². The van der Waals surface area contributed by atoms with Crippen LogP contribution in [0.1, 0.15) is 32.1 Å². The number of aliphatic imine (C=N–C) groups is 1. The maximum atomic E-state index is 9.04. The summed E-state index contributed by atoms with van der Waals surface area (Å²) >= 11 is 0. The lowest BCUT2D eigenvalue weighted by Crippen LogP contribution is -2.43. The second-order valence-electron chi connectivity index (χ2n) is 4.36. The van der Waals surface area contributed by atoms with Crippen LogP contribution in [-0.2, 0) is 0 Å². The minimum Gasteiger partial charge on any atom is -0.396 e. The fraction of sp³-hybridized carbons (Fsp3) is 0.909. The first-order valence-electron chi connectivity index (χ1n) is 5.92. The van der Waals surface area contributed by atoms with E-state index in [9.17, 15) is 0 Å². The van der Waals surface area contributed by atoms with Crippen molar-refractivity contribution in [2.45, 2.75) is 44.2 Å². The fourth-order valence-electron chi connectivity index (χ4n) is 2.77. The zero-order chi connectivity index (χ0) is 10.7. The van der Waals surface area contributed by atoms with E-state index in [0.29, 0.717) is 25.0 Å². The Bertz CT molecular complexity index is 243. The predicted octanol–water partition coefficient (Wildman–Crippen LogP) is 0.386. The van der Waals surface area contributed by atoms with Gasteiger partial charge >= 0.3 is 0 Å². The Labute approximate surface area is 90.6 Å². The van der Waals surface area contributed by atoms with Crippen molar-refractivity contribution in [3.05, 3.63) is 0 Å². The minimum absolute atomic E-state index is 0.153. The summed E-state index contributed by atoms with van der Waals surface area (Å²) in [6, 6.07) is 0.916. The summed E-state index contributed by atoms with van der Waals surface area (Å²) < 4.78 is 0. The largest absolute Gasteiger partial charge is 0.396 e. The van der Waals surface area contributed by atoms with Crippen molar-refractivity contribution < 1.29 is 10.2 Å². The minimum atomic E-state index is 0.153. The zero-order valence-corrected chi connectivity index (χ0v) is 9.10. The summed E-state index contributed by atoms with van der Waals surface area (Å²) in [6.07, 6.45) is 5.52. The number of nitrogens with zero attached hydrogens (tertiary/aromatic N) is 2. The van der Waals surface area contributed by atoms with E-state index < -0.39 is 0 Å². The molecular weight excluding hydrogens is 192 g/mol. The molecule has 0 aromatic heterocycles. The van der Waals surface area contributed by atoms with E-state index in [1.165, 1.54) is 25.7 Å². The van der Waals surface area contributed by atoms with Crippen LogP contribution in [0.25, 0.3) is 0 Å². The molecule has 2 aliphatic rings. The first-order chi connectivity index (χ1) is 7.36. The lowest BCUT2D eigenvalue weighted by atomic mass is 9.91. The molecule has 2 N–H and O–H groups in total. The Hall–Kier alpha value is -0.610. The van der Waals surface area contributed by atoms with E-state index in [4.69, 9.17) is 10.2 Å². The molecule has 0 aromatic rings. The van der Waals surface area contributed by atoms with Gasteiger partial charge in [-0.1, -0.05) is 12.8 Å². The van der Waals surface area contributed by atoms with Gasteiger partial charge in [-0.3, -0.25) is 4.99 Å². The van der Waals surface area contributed by atoms with E-state index in [-0.39, 0.29) is 13.2 Å². The highest BCUT2D eigenvalue weighted by atomic mass is 16.3. The topological polar surface area (TPSA) is 56.1 Å². The number of fused-ring (bicyclic) bond motifs is 1. The molecule has 0 saturated heterocycles. The number of hydrogen-bond acceptors (Lipinski definition) is 4. The van der Waals surface area contributed by atoms with Crippen molar-refractivity contribution in [3.63, 3.8) is 0 Å². The Morgan fingerprint density at radius 2 is 2.00 bits per heavy atom. The van der Waals surface area contributed by atoms with Gasteiger partial charge in [0.25, 0.3) is 0 Å². The van der Waals surface area contributed by atoms with Gasteiger partial charge in [-0.25, -0.2) is 0 Å². The standard InChI is InChI=1S/C11H20N2O2/c14-7-5-11-12-9-3-1-2-4-10(9)13(11)6-8-15/h9-10,14-15H,1-8H2. The summed E-state index contributed by atoms with van der Waals surface area (Å²) in [6.45, 7) is 0.994. The SMILES string of the molecule is OCCC1=NC2CCCCC2N1CCO. The number of β-amino-alcohol motifs (C(OH)–C–C–N with tert-alkyl or cyclic N) is 1. The Morgan fingerprint density at radius 1 is 1.20 bits per heavy atom. The zero-order valence-electron chi connectivity index (χ0n) is 9.10. The smallest absolute Gasteiger partial charge is 0.102 e. The van der Waals surface area contributed by atoms with Gasteiger partial charge in [-0.15, -0.1) is 0 Å². The summed E-state index contributed by atoms with van der Waals surface area (Å²) in [5, 5.41) is 18.0. The van der Waals surface area contributed by atoms with Gasteiger partial charge in [0.2, 0.25) is 0 Å². The number of aliphatic hydroxyl groups is 2. The van der Waals surface area contributed by atoms with Crippen LogP contribution >= 0.6 is 0 Å². The van der Waals surface area contributed by atoms with Crippen molar-refractivity contribution in [1.29, 1.82) is 0 Å². The number of aliphatic hydroxyl groups excluding tert-OH is 2. The van der Waals surface area contributed by atoms with Crippen molar-refractivity contribution in [2.24, 2.45) is 4.99 Å². The molecule has 2 atom stereocenters. The van der Waals surface area contributed by atoms with Crippen LogP contribution in [0.3, 0.4) is 0 Å². The Balaban J connectivity index is 2.06. The predicted molar refractivity (Wildman–Crippen MR) is 59.0 cm³/mol. The second kappa shape index (κ2) is 4.94. The molecule has 1 aliphatic carbocycles. The van der Waals surface area contributed by atoms with Crippen LogP contribution in [0.5, 0.6) is 0 Å². The lowest BCUT2D eigenvalue weighted by molar-refractivity contribution is 0.191. The van der Waals surface area contributed by atoms with E-state index in [1.54, 1.807) is 0 Å². The van der Waals surface area contributed by atoms with E-state index in [2.05, 4.69) is 9.89 Å². The van der Waals surface area contributed by atoms with Gasteiger partial charge in [0.15, 0.2) is 0 Å². The first kappa shape index (κ1) is 10.9. The molecule has 2 rings (SSSR count). The first-order valence-corrected chi connectivity index (χ1v) is 5.92. The number of hydrogen-bond donors (Lipinski definition) is 2. The van der Waals surface area contributed by atoms with Crippen LogP contribution in [0.2, 0.25) is 0 Å². The van der Waals surface area contributed by atoms with Gasteiger partial charge in [0.05, 0.1) is 25.3 Å². The van der Waals surface area contributed by atoms with E-state index in [1.807, 2.05) is 0 Å². The number of amidine groups is 1. The van der Waals surface area contributed by atoms with Gasteiger partial charge in [-0.2, -0.15) is 0 Å². The van der Waals surface area contributed by atoms with Crippen LogP contribution < -0.4 is 0 Å². The maximum absolute atomic E-state index is 9.04. The molecule has 0 spiro atoms.